The van der Waals surface area contributed by atoms with E-state index in [4.69, 9.17) is 9.47 Å². The van der Waals surface area contributed by atoms with E-state index >= 15 is 0 Å². The van der Waals surface area contributed by atoms with Crippen molar-refractivity contribution in [3.8, 4) is 17.2 Å². The molecule has 1 aliphatic rings. The van der Waals surface area contributed by atoms with Gasteiger partial charge in [-0.1, -0.05) is 12.1 Å². The number of ether oxygens (including phenoxy) is 2. The summed E-state index contributed by atoms with van der Waals surface area (Å²) in [6.07, 6.45) is 0.163. The van der Waals surface area contributed by atoms with Gasteiger partial charge in [0.05, 0.1) is 13.2 Å². The molecule has 1 heterocycles. The molecule has 25 heavy (non-hydrogen) atoms. The zero-order chi connectivity index (χ0) is 17.8. The topological polar surface area (TPSA) is 71.0 Å². The zero-order valence-corrected chi connectivity index (χ0v) is 14.3. The van der Waals surface area contributed by atoms with Crippen molar-refractivity contribution in [3.63, 3.8) is 0 Å². The van der Waals surface area contributed by atoms with Crippen LogP contribution < -0.4 is 14.8 Å². The van der Waals surface area contributed by atoms with Gasteiger partial charge in [0.2, 0.25) is 0 Å². The first-order valence-electron chi connectivity index (χ1n) is 8.23. The summed E-state index contributed by atoms with van der Waals surface area (Å²) in [7, 11) is 1.59. The number of carbonyl (C=O) groups is 1. The minimum atomic E-state index is -0.447. The molecule has 2 amide bonds. The molecule has 6 heteroatoms. The van der Waals surface area contributed by atoms with E-state index in [2.05, 4.69) is 5.32 Å². The summed E-state index contributed by atoms with van der Waals surface area (Å²) >= 11 is 0. The highest BCUT2D eigenvalue weighted by molar-refractivity contribution is 5.89. The van der Waals surface area contributed by atoms with E-state index in [1.165, 1.54) is 0 Å². The van der Waals surface area contributed by atoms with Crippen molar-refractivity contribution in [2.75, 3.05) is 19.0 Å². The van der Waals surface area contributed by atoms with Crippen LogP contribution in [0.15, 0.2) is 48.5 Å². The van der Waals surface area contributed by atoms with Gasteiger partial charge in [-0.15, -0.1) is 0 Å². The van der Waals surface area contributed by atoms with Crippen molar-refractivity contribution in [2.24, 2.45) is 0 Å². The number of urea groups is 1. The summed E-state index contributed by atoms with van der Waals surface area (Å²) in [6.45, 7) is 2.29. The number of amides is 2. The maximum atomic E-state index is 12.3. The quantitative estimate of drug-likeness (QED) is 0.892. The van der Waals surface area contributed by atoms with Crippen LogP contribution in [-0.2, 0) is 0 Å². The Morgan fingerprint density at radius 3 is 2.44 bits per heavy atom. The average molecular weight is 342 g/mol. The van der Waals surface area contributed by atoms with Crippen LogP contribution in [0.3, 0.4) is 0 Å². The third kappa shape index (κ3) is 4.03. The van der Waals surface area contributed by atoms with Crippen molar-refractivity contribution in [3.05, 3.63) is 48.5 Å². The molecule has 132 valence electrons. The van der Waals surface area contributed by atoms with E-state index in [-0.39, 0.29) is 12.1 Å². The van der Waals surface area contributed by atoms with Crippen LogP contribution in [0.4, 0.5) is 10.5 Å². The van der Waals surface area contributed by atoms with Gasteiger partial charge >= 0.3 is 6.03 Å². The second kappa shape index (κ2) is 7.44. The summed E-state index contributed by atoms with van der Waals surface area (Å²) in [6, 6.07) is 14.3. The minimum absolute atomic E-state index is 0.0307. The van der Waals surface area contributed by atoms with Gasteiger partial charge in [0.15, 0.2) is 11.5 Å². The number of hydrogen-bond acceptors (Lipinski definition) is 4. The van der Waals surface area contributed by atoms with Crippen LogP contribution in [0.2, 0.25) is 0 Å². The van der Waals surface area contributed by atoms with Gasteiger partial charge < -0.3 is 24.8 Å². The molecule has 6 nitrogen and oxygen atoms in total. The molecule has 1 fully saturated rings. The third-order valence-electron chi connectivity index (χ3n) is 4.22. The number of likely N-dealkylation sites (tertiary alicyclic amines) is 1. The zero-order valence-electron chi connectivity index (χ0n) is 14.3. The number of β-amino-alcohol motifs (C(OH)–C–C–N with tert-alkyl or cyclic N) is 1. The monoisotopic (exact) mass is 342 g/mol. The maximum absolute atomic E-state index is 12.3. The number of anilines is 1. The summed E-state index contributed by atoms with van der Waals surface area (Å²) < 4.78 is 11.1. The van der Waals surface area contributed by atoms with Gasteiger partial charge in [-0.25, -0.2) is 4.79 Å². The van der Waals surface area contributed by atoms with Crippen LogP contribution in [-0.4, -0.2) is 41.8 Å². The fourth-order valence-corrected chi connectivity index (χ4v) is 2.92. The smallest absolute Gasteiger partial charge is 0.322 e. The normalized spacial score (nSPS) is 19.6. The number of para-hydroxylation sites is 2. The average Bonchev–Trinajstić information content (AvgIpc) is 2.95. The number of methoxy groups -OCH3 is 1. The summed E-state index contributed by atoms with van der Waals surface area (Å²) in [5, 5.41) is 12.5. The predicted molar refractivity (Wildman–Crippen MR) is 95.3 cm³/mol. The fourth-order valence-electron chi connectivity index (χ4n) is 2.92. The van der Waals surface area contributed by atoms with Gasteiger partial charge in [-0.3, -0.25) is 0 Å². The second-order valence-electron chi connectivity index (χ2n) is 6.10. The molecule has 2 N–H and O–H groups in total. The Bertz CT molecular complexity index is 732. The number of carbonyl (C=O) groups excluding carboxylic acids is 1. The molecule has 1 aliphatic heterocycles. The first-order chi connectivity index (χ1) is 12.1. The molecule has 0 aromatic heterocycles. The number of aliphatic hydroxyl groups excluding tert-OH is 1. The Labute approximate surface area is 147 Å². The SMILES string of the molecule is COc1ccccc1Oc1ccc(NC(=O)N2C[C@@H](O)C[C@@H]2C)cc1. The van der Waals surface area contributed by atoms with E-state index in [0.717, 1.165) is 0 Å². The van der Waals surface area contributed by atoms with Crippen molar-refractivity contribution in [1.82, 2.24) is 4.90 Å². The van der Waals surface area contributed by atoms with Crippen LogP contribution in [0.25, 0.3) is 0 Å². The Balaban J connectivity index is 1.63. The largest absolute Gasteiger partial charge is 0.493 e. The molecule has 0 bridgehead atoms. The van der Waals surface area contributed by atoms with Crippen LogP contribution in [0.1, 0.15) is 13.3 Å². The predicted octanol–water partition coefficient (Wildman–Crippen LogP) is 3.47. The molecule has 0 saturated carbocycles. The standard InChI is InChI=1S/C19H22N2O4/c1-13-11-15(22)12-21(13)19(23)20-14-7-9-16(10-8-14)25-18-6-4-3-5-17(18)24-2/h3-10,13,15,22H,11-12H2,1-2H3,(H,20,23)/t13-,15-/m0/s1. The Morgan fingerprint density at radius 1 is 1.16 bits per heavy atom. The number of hydrogen-bond donors (Lipinski definition) is 2. The number of rotatable bonds is 4. The van der Waals surface area contributed by atoms with E-state index in [9.17, 15) is 9.90 Å². The van der Waals surface area contributed by atoms with Crippen LogP contribution >= 0.6 is 0 Å². The first kappa shape index (κ1) is 17.1. The molecular weight excluding hydrogens is 320 g/mol. The molecule has 1 saturated heterocycles. The Hall–Kier alpha value is -2.73. The lowest BCUT2D eigenvalue weighted by Crippen LogP contribution is -2.37. The second-order valence-corrected chi connectivity index (χ2v) is 6.10. The Kier molecular flexibility index (Phi) is 5.09. The molecule has 0 radical (unpaired) electrons. The van der Waals surface area contributed by atoms with E-state index < -0.39 is 6.10 Å². The number of nitrogens with zero attached hydrogens (tertiary/aromatic N) is 1. The van der Waals surface area contributed by atoms with Gasteiger partial charge in [0, 0.05) is 18.3 Å². The van der Waals surface area contributed by atoms with E-state index in [0.29, 0.717) is 35.9 Å². The lowest BCUT2D eigenvalue weighted by atomic mass is 10.2. The number of aliphatic hydroxyl groups is 1. The van der Waals surface area contributed by atoms with Gasteiger partial charge in [-0.2, -0.15) is 0 Å². The number of benzene rings is 2. The molecule has 0 spiro atoms. The van der Waals surface area contributed by atoms with Gasteiger partial charge in [-0.05, 0) is 49.7 Å². The molecule has 0 unspecified atom stereocenters. The maximum Gasteiger partial charge on any atom is 0.322 e. The van der Waals surface area contributed by atoms with Crippen LogP contribution in [0, 0.1) is 0 Å². The molecular formula is C19H22N2O4. The highest BCUT2D eigenvalue weighted by Gasteiger charge is 2.31. The lowest BCUT2D eigenvalue weighted by molar-refractivity contribution is 0.176. The van der Waals surface area contributed by atoms with Gasteiger partial charge in [0.1, 0.15) is 5.75 Å². The Morgan fingerprint density at radius 2 is 1.84 bits per heavy atom. The summed E-state index contributed by atoms with van der Waals surface area (Å²) in [5.41, 5.74) is 0.672. The molecule has 2 aromatic rings. The third-order valence-corrected chi connectivity index (χ3v) is 4.22. The highest BCUT2D eigenvalue weighted by atomic mass is 16.5. The van der Waals surface area contributed by atoms with E-state index in [1.807, 2.05) is 31.2 Å². The molecule has 3 rings (SSSR count). The molecule has 2 atom stereocenters. The van der Waals surface area contributed by atoms with E-state index in [1.54, 1.807) is 36.3 Å². The summed E-state index contributed by atoms with van der Waals surface area (Å²) in [4.78, 5) is 13.9. The minimum Gasteiger partial charge on any atom is -0.493 e. The van der Waals surface area contributed by atoms with Gasteiger partial charge in [0.25, 0.3) is 0 Å². The molecule has 0 aliphatic carbocycles. The summed E-state index contributed by atoms with van der Waals surface area (Å²) in [5.74, 6) is 1.93. The highest BCUT2D eigenvalue weighted by Crippen LogP contribution is 2.31. The van der Waals surface area contributed by atoms with Crippen molar-refractivity contribution in [1.29, 1.82) is 0 Å². The fraction of sp³-hybridized carbons (Fsp3) is 0.316. The number of nitrogens with one attached hydrogen (secondary N) is 1. The van der Waals surface area contributed by atoms with Crippen molar-refractivity contribution >= 4 is 11.7 Å². The molecule has 2 aromatic carbocycles. The van der Waals surface area contributed by atoms with Crippen molar-refractivity contribution in [2.45, 2.75) is 25.5 Å². The lowest BCUT2D eigenvalue weighted by Gasteiger charge is -2.21. The van der Waals surface area contributed by atoms with Crippen LogP contribution in [0.5, 0.6) is 17.2 Å². The first-order valence-corrected chi connectivity index (χ1v) is 8.23. The van der Waals surface area contributed by atoms with Crippen molar-refractivity contribution < 1.29 is 19.4 Å².